The minimum atomic E-state index is -0.608. The average Bonchev–Trinajstić information content (AvgIpc) is 3.19. The van der Waals surface area contributed by atoms with Crippen molar-refractivity contribution in [1.29, 1.82) is 0 Å². The van der Waals surface area contributed by atoms with E-state index in [9.17, 15) is 9.59 Å². The van der Waals surface area contributed by atoms with Gasteiger partial charge < -0.3 is 23.7 Å². The number of fused-ring (bicyclic) bond motifs is 2. The molecule has 38 heavy (non-hydrogen) atoms. The van der Waals surface area contributed by atoms with Gasteiger partial charge in [0.1, 0.15) is 12.2 Å². The Labute approximate surface area is 226 Å². The molecule has 0 saturated carbocycles. The Morgan fingerprint density at radius 2 is 1.74 bits per heavy atom. The van der Waals surface area contributed by atoms with Crippen molar-refractivity contribution in [2.24, 2.45) is 0 Å². The molecule has 196 valence electrons. The third-order valence-corrected chi connectivity index (χ3v) is 6.80. The Bertz CT molecular complexity index is 1530. The first-order valence-corrected chi connectivity index (χ1v) is 12.9. The zero-order valence-electron chi connectivity index (χ0n) is 21.6. The summed E-state index contributed by atoms with van der Waals surface area (Å²) < 4.78 is 18.0. The number of para-hydroxylation sites is 1. The molecule has 4 aromatic rings. The van der Waals surface area contributed by atoms with Gasteiger partial charge in [-0.3, -0.25) is 9.59 Å². The SMILES string of the molecule is CCOc1cc(C2c3c(oc4ccccc4c3=O)C(=O)N2CCN(C)C)ccc1OCc1ccc(Cl)cc1. The van der Waals surface area contributed by atoms with Crippen LogP contribution in [0.4, 0.5) is 0 Å². The number of ether oxygens (including phenoxy) is 2. The van der Waals surface area contributed by atoms with Gasteiger partial charge in [-0.15, -0.1) is 0 Å². The zero-order chi connectivity index (χ0) is 26.8. The fraction of sp³-hybridized carbons (Fsp3) is 0.267. The molecule has 1 amide bonds. The van der Waals surface area contributed by atoms with Crippen LogP contribution in [0.3, 0.4) is 0 Å². The number of hydrogen-bond acceptors (Lipinski definition) is 6. The summed E-state index contributed by atoms with van der Waals surface area (Å²) in [7, 11) is 3.89. The second kappa shape index (κ2) is 10.9. The maximum absolute atomic E-state index is 13.7. The fourth-order valence-electron chi connectivity index (χ4n) is 4.68. The molecule has 1 unspecified atom stereocenters. The van der Waals surface area contributed by atoms with Crippen molar-refractivity contribution in [3.05, 3.63) is 104 Å². The molecule has 0 fully saturated rings. The molecule has 1 aromatic heterocycles. The summed E-state index contributed by atoms with van der Waals surface area (Å²) in [4.78, 5) is 30.9. The van der Waals surface area contributed by atoms with Gasteiger partial charge in [-0.1, -0.05) is 41.9 Å². The molecule has 0 N–H and O–H groups in total. The molecule has 7 nitrogen and oxygen atoms in total. The summed E-state index contributed by atoms with van der Waals surface area (Å²) in [6.07, 6.45) is 0. The van der Waals surface area contributed by atoms with E-state index >= 15 is 0 Å². The summed E-state index contributed by atoms with van der Waals surface area (Å²) in [5, 5.41) is 1.11. The number of amides is 1. The van der Waals surface area contributed by atoms with Gasteiger partial charge in [0.25, 0.3) is 5.91 Å². The number of benzene rings is 3. The lowest BCUT2D eigenvalue weighted by Gasteiger charge is -2.27. The van der Waals surface area contributed by atoms with E-state index in [4.69, 9.17) is 25.5 Å². The molecular weight excluding hydrogens is 504 g/mol. The highest BCUT2D eigenvalue weighted by atomic mass is 35.5. The van der Waals surface area contributed by atoms with Gasteiger partial charge in [0, 0.05) is 18.1 Å². The lowest BCUT2D eigenvalue weighted by Crippen LogP contribution is -2.35. The smallest absolute Gasteiger partial charge is 0.290 e. The van der Waals surface area contributed by atoms with Gasteiger partial charge in [-0.05, 0) is 68.5 Å². The van der Waals surface area contributed by atoms with Crippen LogP contribution in [0, 0.1) is 0 Å². The molecule has 0 aliphatic carbocycles. The Hall–Kier alpha value is -3.81. The van der Waals surface area contributed by atoms with Crippen LogP contribution >= 0.6 is 11.6 Å². The van der Waals surface area contributed by atoms with Crippen LogP contribution in [0.25, 0.3) is 11.0 Å². The normalized spacial score (nSPS) is 14.8. The van der Waals surface area contributed by atoms with E-state index in [1.54, 1.807) is 29.2 Å². The number of likely N-dealkylation sites (N-methyl/N-ethyl adjacent to an activating group) is 1. The Balaban J connectivity index is 1.56. The van der Waals surface area contributed by atoms with Crippen LogP contribution < -0.4 is 14.9 Å². The minimum absolute atomic E-state index is 0.0958. The highest BCUT2D eigenvalue weighted by molar-refractivity contribution is 6.30. The van der Waals surface area contributed by atoms with Gasteiger partial charge in [0.05, 0.1) is 23.6 Å². The fourth-order valence-corrected chi connectivity index (χ4v) is 4.80. The van der Waals surface area contributed by atoms with Gasteiger partial charge in [-0.25, -0.2) is 0 Å². The third-order valence-electron chi connectivity index (χ3n) is 6.55. The molecule has 2 heterocycles. The largest absolute Gasteiger partial charge is 0.490 e. The first-order chi connectivity index (χ1) is 18.4. The second-order valence-electron chi connectivity index (χ2n) is 9.43. The van der Waals surface area contributed by atoms with Crippen molar-refractivity contribution >= 4 is 28.5 Å². The molecule has 0 saturated heterocycles. The maximum atomic E-state index is 13.7. The Kier molecular flexibility index (Phi) is 7.40. The van der Waals surface area contributed by atoms with Crippen LogP contribution in [0.2, 0.25) is 5.02 Å². The molecule has 0 bridgehead atoms. The van der Waals surface area contributed by atoms with Crippen LogP contribution in [0.5, 0.6) is 11.5 Å². The molecule has 1 aliphatic heterocycles. The van der Waals surface area contributed by atoms with Crippen molar-refractivity contribution < 1.29 is 18.7 Å². The number of hydrogen-bond donors (Lipinski definition) is 0. The van der Waals surface area contributed by atoms with Crippen molar-refractivity contribution in [3.63, 3.8) is 0 Å². The first-order valence-electron chi connectivity index (χ1n) is 12.5. The molecule has 3 aromatic carbocycles. The van der Waals surface area contributed by atoms with E-state index in [1.165, 1.54) is 0 Å². The van der Waals surface area contributed by atoms with E-state index in [0.717, 1.165) is 11.1 Å². The Morgan fingerprint density at radius 3 is 2.47 bits per heavy atom. The second-order valence-corrected chi connectivity index (χ2v) is 9.87. The third kappa shape index (κ3) is 4.99. The van der Waals surface area contributed by atoms with Crippen molar-refractivity contribution in [1.82, 2.24) is 9.80 Å². The quantitative estimate of drug-likeness (QED) is 0.282. The summed E-state index contributed by atoms with van der Waals surface area (Å²) >= 11 is 6.00. The highest BCUT2D eigenvalue weighted by Crippen LogP contribution is 2.41. The summed E-state index contributed by atoms with van der Waals surface area (Å²) in [5.74, 6) is 0.910. The monoisotopic (exact) mass is 532 g/mol. The van der Waals surface area contributed by atoms with Gasteiger partial charge in [0.15, 0.2) is 16.9 Å². The molecular formula is C30H29ClN2O5. The first kappa shape index (κ1) is 25.8. The molecule has 0 radical (unpaired) electrons. The van der Waals surface area contributed by atoms with E-state index < -0.39 is 6.04 Å². The summed E-state index contributed by atoms with van der Waals surface area (Å²) in [5.41, 5.74) is 2.27. The van der Waals surface area contributed by atoms with E-state index in [-0.39, 0.29) is 17.1 Å². The van der Waals surface area contributed by atoms with Crippen LogP contribution in [0.15, 0.2) is 75.9 Å². The lowest BCUT2D eigenvalue weighted by molar-refractivity contribution is 0.0716. The van der Waals surface area contributed by atoms with Gasteiger partial charge >= 0.3 is 0 Å². The topological polar surface area (TPSA) is 72.2 Å². The number of halogens is 1. The zero-order valence-corrected chi connectivity index (χ0v) is 22.3. The average molecular weight is 533 g/mol. The maximum Gasteiger partial charge on any atom is 0.290 e. The standard InChI is InChI=1S/C30H29ClN2O5/c1-4-36-25-17-20(11-14-24(25)37-18-19-9-12-21(31)13-10-19)27-26-28(34)22-7-5-6-8-23(22)38-29(26)30(35)33(27)16-15-32(2)3/h5-14,17,27H,4,15-16,18H2,1-3H3. The highest BCUT2D eigenvalue weighted by Gasteiger charge is 2.42. The molecule has 1 aliphatic rings. The van der Waals surface area contributed by atoms with Crippen LogP contribution in [0.1, 0.15) is 40.2 Å². The molecule has 8 heteroatoms. The number of carbonyl (C=O) groups is 1. The van der Waals surface area contributed by atoms with Crippen LogP contribution in [-0.2, 0) is 6.61 Å². The van der Waals surface area contributed by atoms with Crippen molar-refractivity contribution in [3.8, 4) is 11.5 Å². The van der Waals surface area contributed by atoms with Crippen LogP contribution in [-0.4, -0.2) is 49.5 Å². The van der Waals surface area contributed by atoms with Gasteiger partial charge in [0.2, 0.25) is 5.76 Å². The van der Waals surface area contributed by atoms with E-state index in [1.807, 2.05) is 68.4 Å². The summed E-state index contributed by atoms with van der Waals surface area (Å²) in [6.45, 7) is 3.72. The van der Waals surface area contributed by atoms with E-state index in [0.29, 0.717) is 59.4 Å². The predicted molar refractivity (Wildman–Crippen MR) is 147 cm³/mol. The predicted octanol–water partition coefficient (Wildman–Crippen LogP) is 5.53. The van der Waals surface area contributed by atoms with Crippen molar-refractivity contribution in [2.75, 3.05) is 33.8 Å². The number of carbonyl (C=O) groups excluding carboxylic acids is 1. The molecule has 0 spiro atoms. The van der Waals surface area contributed by atoms with Crippen molar-refractivity contribution in [2.45, 2.75) is 19.6 Å². The number of rotatable bonds is 9. The minimum Gasteiger partial charge on any atom is -0.490 e. The van der Waals surface area contributed by atoms with E-state index in [2.05, 4.69) is 0 Å². The molecule has 1 atom stereocenters. The van der Waals surface area contributed by atoms with Gasteiger partial charge in [-0.2, -0.15) is 0 Å². The Morgan fingerprint density at radius 1 is 0.974 bits per heavy atom. The number of nitrogens with zero attached hydrogens (tertiary/aromatic N) is 2. The molecule has 5 rings (SSSR count). The summed E-state index contributed by atoms with van der Waals surface area (Å²) in [6, 6.07) is 19.4. The lowest BCUT2D eigenvalue weighted by atomic mass is 9.98.